The zero-order valence-corrected chi connectivity index (χ0v) is 11.2. The Bertz CT molecular complexity index is 629. The highest BCUT2D eigenvalue weighted by atomic mass is 19.4. The van der Waals surface area contributed by atoms with Crippen LogP contribution in [0.2, 0.25) is 0 Å². The van der Waals surface area contributed by atoms with Crippen LogP contribution < -0.4 is 0 Å². The van der Waals surface area contributed by atoms with Crippen molar-refractivity contribution in [3.63, 3.8) is 0 Å². The van der Waals surface area contributed by atoms with Crippen molar-refractivity contribution in [2.24, 2.45) is 7.05 Å². The Morgan fingerprint density at radius 2 is 1.80 bits per heavy atom. The average molecular weight is 287 g/mol. The van der Waals surface area contributed by atoms with E-state index in [-0.39, 0.29) is 5.56 Å². The quantitative estimate of drug-likeness (QED) is 0.793. The number of hydrogen-bond donors (Lipinski definition) is 0. The smallest absolute Gasteiger partial charge is 0.320 e. The van der Waals surface area contributed by atoms with Gasteiger partial charge in [-0.05, 0) is 26.0 Å². The van der Waals surface area contributed by atoms with Crippen molar-refractivity contribution >= 4 is 0 Å². The second-order valence-electron chi connectivity index (χ2n) is 5.08. The lowest BCUT2D eigenvalue weighted by molar-refractivity contribution is -0.137. The van der Waals surface area contributed by atoms with Crippen molar-refractivity contribution in [2.45, 2.75) is 25.4 Å². The molecule has 0 saturated carbocycles. The minimum atomic E-state index is -4.56. The molecule has 108 valence electrons. The third-order valence-electron chi connectivity index (χ3n) is 3.24. The fraction of sp³-hybridized carbons (Fsp3) is 0.385. The zero-order chi connectivity index (χ0) is 15.1. The summed E-state index contributed by atoms with van der Waals surface area (Å²) < 4.78 is 53.3. The van der Waals surface area contributed by atoms with Crippen LogP contribution in [0.25, 0.3) is 0 Å². The first-order chi connectivity index (χ1) is 9.14. The lowest BCUT2D eigenvalue weighted by Crippen LogP contribution is -2.25. The molecule has 0 saturated heterocycles. The molecule has 0 atom stereocenters. The summed E-state index contributed by atoms with van der Waals surface area (Å²) >= 11 is 0. The van der Waals surface area contributed by atoms with Crippen LogP contribution in [0.3, 0.4) is 0 Å². The Kier molecular flexibility index (Phi) is 3.31. The van der Waals surface area contributed by atoms with Crippen LogP contribution in [-0.2, 0) is 18.6 Å². The molecule has 1 aromatic carbocycles. The minimum Gasteiger partial charge on any atom is -0.320 e. The van der Waals surface area contributed by atoms with Gasteiger partial charge in [-0.1, -0.05) is 6.07 Å². The van der Waals surface area contributed by atoms with Crippen LogP contribution in [-0.4, -0.2) is 14.8 Å². The minimum absolute atomic E-state index is 0.140. The number of benzene rings is 1. The summed E-state index contributed by atoms with van der Waals surface area (Å²) in [6, 6.07) is 2.52. The maximum absolute atomic E-state index is 14.0. The number of rotatable bonds is 2. The van der Waals surface area contributed by atoms with Crippen LogP contribution in [0.5, 0.6) is 0 Å². The second kappa shape index (κ2) is 4.57. The van der Waals surface area contributed by atoms with Crippen molar-refractivity contribution in [1.82, 2.24) is 14.8 Å². The van der Waals surface area contributed by atoms with Crippen LogP contribution >= 0.6 is 0 Å². The summed E-state index contributed by atoms with van der Waals surface area (Å²) in [5.74, 6) is -0.441. The molecule has 0 bridgehead atoms. The normalized spacial score (nSPS) is 12.8. The molecule has 1 aromatic heterocycles. The number of aromatic nitrogens is 3. The van der Waals surface area contributed by atoms with E-state index in [9.17, 15) is 17.6 Å². The number of aryl methyl sites for hydroxylation is 1. The highest BCUT2D eigenvalue weighted by Gasteiger charge is 2.35. The van der Waals surface area contributed by atoms with Gasteiger partial charge >= 0.3 is 6.18 Å². The van der Waals surface area contributed by atoms with E-state index in [4.69, 9.17) is 0 Å². The van der Waals surface area contributed by atoms with Gasteiger partial charge in [0.1, 0.15) is 18.0 Å². The van der Waals surface area contributed by atoms with Gasteiger partial charge in [0, 0.05) is 12.6 Å². The summed E-state index contributed by atoms with van der Waals surface area (Å²) in [6.45, 7) is 3.37. The molecule has 0 radical (unpaired) electrons. The summed E-state index contributed by atoms with van der Waals surface area (Å²) in [4.78, 5) is 0. The summed E-state index contributed by atoms with van der Waals surface area (Å²) in [5.41, 5.74) is -1.76. The van der Waals surface area contributed by atoms with Gasteiger partial charge in [0.2, 0.25) is 0 Å². The maximum Gasteiger partial charge on any atom is 0.416 e. The van der Waals surface area contributed by atoms with Gasteiger partial charge in [-0.15, -0.1) is 10.2 Å². The first-order valence-electron chi connectivity index (χ1n) is 5.85. The van der Waals surface area contributed by atoms with Gasteiger partial charge in [0.15, 0.2) is 0 Å². The van der Waals surface area contributed by atoms with E-state index in [1.807, 2.05) is 0 Å². The number of hydrogen-bond acceptors (Lipinski definition) is 2. The zero-order valence-electron chi connectivity index (χ0n) is 11.2. The van der Waals surface area contributed by atoms with E-state index in [0.717, 1.165) is 12.1 Å². The highest BCUT2D eigenvalue weighted by molar-refractivity contribution is 5.35. The van der Waals surface area contributed by atoms with Crippen LogP contribution in [0.15, 0.2) is 24.5 Å². The van der Waals surface area contributed by atoms with Gasteiger partial charge in [0.05, 0.1) is 11.0 Å². The Balaban J connectivity index is 2.51. The SMILES string of the molecule is Cn1cnnc1C(C)(C)c1ccc(C(F)(F)F)cc1F. The predicted molar refractivity (Wildman–Crippen MR) is 64.5 cm³/mol. The third-order valence-corrected chi connectivity index (χ3v) is 3.24. The second-order valence-corrected chi connectivity index (χ2v) is 5.08. The van der Waals surface area contributed by atoms with Crippen molar-refractivity contribution < 1.29 is 17.6 Å². The Morgan fingerprint density at radius 1 is 1.15 bits per heavy atom. The molecule has 7 heteroatoms. The van der Waals surface area contributed by atoms with E-state index in [1.54, 1.807) is 25.5 Å². The van der Waals surface area contributed by atoms with Crippen LogP contribution in [0, 0.1) is 5.82 Å². The topological polar surface area (TPSA) is 30.7 Å². The molecular weight excluding hydrogens is 274 g/mol. The van der Waals surface area contributed by atoms with Crippen molar-refractivity contribution in [3.8, 4) is 0 Å². The van der Waals surface area contributed by atoms with Crippen molar-refractivity contribution in [3.05, 3.63) is 47.3 Å². The summed E-state index contributed by atoms with van der Waals surface area (Å²) in [7, 11) is 1.69. The molecule has 0 fully saturated rings. The van der Waals surface area contributed by atoms with Gasteiger partial charge in [-0.3, -0.25) is 0 Å². The Labute approximate surface area is 113 Å². The fourth-order valence-corrected chi connectivity index (χ4v) is 2.17. The third kappa shape index (κ3) is 2.39. The number of nitrogens with zero attached hydrogens (tertiary/aromatic N) is 3. The molecule has 2 rings (SSSR count). The molecular formula is C13H13F4N3. The molecule has 3 nitrogen and oxygen atoms in total. The first kappa shape index (κ1) is 14.5. The van der Waals surface area contributed by atoms with Gasteiger partial charge in [0.25, 0.3) is 0 Å². The van der Waals surface area contributed by atoms with Gasteiger partial charge in [-0.2, -0.15) is 13.2 Å². The molecule has 1 heterocycles. The number of alkyl halides is 3. The van der Waals surface area contributed by atoms with Crippen molar-refractivity contribution in [2.75, 3.05) is 0 Å². The Morgan fingerprint density at radius 3 is 2.25 bits per heavy atom. The Hall–Kier alpha value is -1.92. The van der Waals surface area contributed by atoms with E-state index in [0.29, 0.717) is 11.9 Å². The van der Waals surface area contributed by atoms with Gasteiger partial charge in [-0.25, -0.2) is 4.39 Å². The number of halogens is 4. The van der Waals surface area contributed by atoms with Crippen molar-refractivity contribution in [1.29, 1.82) is 0 Å². The van der Waals surface area contributed by atoms with Crippen LogP contribution in [0.4, 0.5) is 17.6 Å². The average Bonchev–Trinajstić information content (AvgIpc) is 2.74. The van der Waals surface area contributed by atoms with Crippen LogP contribution in [0.1, 0.15) is 30.8 Å². The lowest BCUT2D eigenvalue weighted by atomic mass is 9.83. The molecule has 0 aliphatic rings. The standard InChI is InChI=1S/C13H13F4N3/c1-12(2,11-19-18-7-20(11)3)9-5-4-8(6-10(9)14)13(15,16)17/h4-7H,1-3H3. The van der Waals surface area contributed by atoms with E-state index < -0.39 is 23.0 Å². The first-order valence-corrected chi connectivity index (χ1v) is 5.85. The monoisotopic (exact) mass is 287 g/mol. The molecule has 20 heavy (non-hydrogen) atoms. The molecule has 0 spiro atoms. The van der Waals surface area contributed by atoms with E-state index in [1.165, 1.54) is 6.33 Å². The molecule has 0 aliphatic carbocycles. The van der Waals surface area contributed by atoms with E-state index in [2.05, 4.69) is 10.2 Å². The largest absolute Gasteiger partial charge is 0.416 e. The summed E-state index contributed by atoms with van der Waals surface area (Å²) in [6.07, 6.45) is -3.10. The van der Waals surface area contributed by atoms with Gasteiger partial charge < -0.3 is 4.57 Å². The fourth-order valence-electron chi connectivity index (χ4n) is 2.17. The maximum atomic E-state index is 14.0. The molecule has 0 aliphatic heterocycles. The molecule has 0 unspecified atom stereocenters. The predicted octanol–water partition coefficient (Wildman–Crippen LogP) is 3.30. The lowest BCUT2D eigenvalue weighted by Gasteiger charge is -2.25. The molecule has 0 amide bonds. The molecule has 0 N–H and O–H groups in total. The molecule has 2 aromatic rings. The van der Waals surface area contributed by atoms with E-state index >= 15 is 0 Å². The highest BCUT2D eigenvalue weighted by Crippen LogP contribution is 2.35. The summed E-state index contributed by atoms with van der Waals surface area (Å²) in [5, 5.41) is 7.61.